The number of rotatable bonds is 14. The Morgan fingerprint density at radius 3 is 2.29 bits per heavy atom. The molecule has 0 fully saturated rings. The van der Waals surface area contributed by atoms with Crippen molar-refractivity contribution in [3.8, 4) is 28.2 Å². The number of hydroxylamine groups is 2. The molecule has 3 aromatic carbocycles. The quantitative estimate of drug-likeness (QED) is 0.0199. The van der Waals surface area contributed by atoms with Crippen LogP contribution >= 0.6 is 12.2 Å². The second-order valence-corrected chi connectivity index (χ2v) is 11.9. The number of anilines is 1. The van der Waals surface area contributed by atoms with Gasteiger partial charge in [0.25, 0.3) is 5.91 Å². The number of phenolic OH excluding ortho intramolecular Hbond substituents is 1. The third-order valence-corrected chi connectivity index (χ3v) is 8.10. The van der Waals surface area contributed by atoms with Crippen molar-refractivity contribution in [1.29, 1.82) is 0 Å². The molecule has 5 rings (SSSR count). The molecule has 1 heterocycles. The number of hydrogen-bond acceptors (Lipinski definition) is 9. The Bertz CT molecular complexity index is 2150. The van der Waals surface area contributed by atoms with E-state index in [1.165, 1.54) is 30.3 Å². The largest absolute Gasteiger partial charge is 0.508 e. The molecule has 2 aliphatic rings. The number of carbonyl (C=O) groups is 3. The lowest BCUT2D eigenvalue weighted by atomic mass is 9.90. The van der Waals surface area contributed by atoms with Crippen LogP contribution < -0.4 is 21.4 Å². The van der Waals surface area contributed by atoms with Gasteiger partial charge in [0.05, 0.1) is 5.56 Å². The Balaban J connectivity index is 1.15. The van der Waals surface area contributed by atoms with Crippen molar-refractivity contribution in [2.45, 2.75) is 25.9 Å². The summed E-state index contributed by atoms with van der Waals surface area (Å²) < 4.78 is 5.89. The first-order valence-electron chi connectivity index (χ1n) is 15.8. The average Bonchev–Trinajstić information content (AvgIpc) is 3.10. The topological polar surface area (TPSA) is 202 Å². The Kier molecular flexibility index (Phi) is 11.7. The lowest BCUT2D eigenvalue weighted by Crippen LogP contribution is -2.28. The summed E-state index contributed by atoms with van der Waals surface area (Å²) >= 11 is 5.48. The third kappa shape index (κ3) is 9.54. The summed E-state index contributed by atoms with van der Waals surface area (Å²) in [6.07, 6.45) is 2.70. The van der Waals surface area contributed by atoms with Crippen LogP contribution in [-0.2, 0) is 22.7 Å². The van der Waals surface area contributed by atoms with Gasteiger partial charge in [0.15, 0.2) is 10.5 Å². The van der Waals surface area contributed by atoms with E-state index in [2.05, 4.69) is 16.0 Å². The molecule has 0 aromatic heterocycles. The Hall–Kier alpha value is -6.09. The number of fused-ring (bicyclic) bond motifs is 2. The second-order valence-electron chi connectivity index (χ2n) is 11.5. The van der Waals surface area contributed by atoms with Crippen molar-refractivity contribution < 1.29 is 39.3 Å². The summed E-state index contributed by atoms with van der Waals surface area (Å²) in [6, 6.07) is 21.6. The fourth-order valence-corrected chi connectivity index (χ4v) is 5.57. The zero-order valence-electron chi connectivity index (χ0n) is 27.1. The smallest absolute Gasteiger partial charge is 0.336 e. The van der Waals surface area contributed by atoms with Crippen LogP contribution in [0.2, 0.25) is 0 Å². The Morgan fingerprint density at radius 1 is 0.843 bits per heavy atom. The molecule has 0 saturated carbocycles. The molecule has 0 bridgehead atoms. The van der Waals surface area contributed by atoms with E-state index < -0.39 is 17.8 Å². The minimum atomic E-state index is -1.26. The van der Waals surface area contributed by atoms with Gasteiger partial charge in [-0.3, -0.25) is 14.8 Å². The monoisotopic (exact) mass is 710 g/mol. The summed E-state index contributed by atoms with van der Waals surface area (Å²) in [5.41, 5.74) is 3.98. The number of carboxylic acid groups (broad SMARTS) is 2. The summed E-state index contributed by atoms with van der Waals surface area (Å²) in [4.78, 5) is 46.6. The van der Waals surface area contributed by atoms with Crippen molar-refractivity contribution in [1.82, 2.24) is 15.7 Å². The van der Waals surface area contributed by atoms with Gasteiger partial charge in [-0.15, -0.1) is 0 Å². The van der Waals surface area contributed by atoms with Crippen molar-refractivity contribution in [3.63, 3.8) is 0 Å². The average molecular weight is 711 g/mol. The number of phenols is 1. The number of amides is 1. The van der Waals surface area contributed by atoms with Crippen LogP contribution in [0.15, 0.2) is 100 Å². The van der Waals surface area contributed by atoms with Crippen molar-refractivity contribution in [2.24, 2.45) is 0 Å². The van der Waals surface area contributed by atoms with E-state index >= 15 is 0 Å². The molecular formula is C37H34N4O9S. The van der Waals surface area contributed by atoms with E-state index in [9.17, 15) is 34.6 Å². The number of carboxylic acids is 2. The van der Waals surface area contributed by atoms with Gasteiger partial charge in [0.1, 0.15) is 17.1 Å². The molecule has 1 aliphatic heterocycles. The van der Waals surface area contributed by atoms with Gasteiger partial charge in [0, 0.05) is 66.1 Å². The molecule has 1 aliphatic carbocycles. The van der Waals surface area contributed by atoms with Crippen molar-refractivity contribution in [3.05, 3.63) is 118 Å². The number of hydrogen-bond donors (Lipinski definition) is 7. The van der Waals surface area contributed by atoms with Gasteiger partial charge in [-0.2, -0.15) is 0 Å². The first-order valence-corrected chi connectivity index (χ1v) is 16.2. The van der Waals surface area contributed by atoms with E-state index in [1.54, 1.807) is 24.3 Å². The lowest BCUT2D eigenvalue weighted by Gasteiger charge is -2.18. The second kappa shape index (κ2) is 16.5. The SMILES string of the molecule is O=C(O)/C=C/C(=O)N(O)CCCCNCc1ccc(CNC(=S)Nc2ccc(-c3c4ccc(=O)cc-4oc4cc(O)ccc34)c(C(=O)O)c2)cc1. The van der Waals surface area contributed by atoms with Crippen LogP contribution in [0.25, 0.3) is 33.4 Å². The van der Waals surface area contributed by atoms with E-state index in [-0.39, 0.29) is 29.0 Å². The maximum Gasteiger partial charge on any atom is 0.336 e. The van der Waals surface area contributed by atoms with E-state index in [4.69, 9.17) is 21.7 Å². The zero-order chi connectivity index (χ0) is 36.5. The van der Waals surface area contributed by atoms with Crippen molar-refractivity contribution >= 4 is 51.8 Å². The molecule has 0 atom stereocenters. The Morgan fingerprint density at radius 2 is 1.57 bits per heavy atom. The fraction of sp³-hybridized carbons (Fsp3) is 0.162. The molecule has 0 unspecified atom stereocenters. The van der Waals surface area contributed by atoms with E-state index in [0.717, 1.165) is 17.2 Å². The number of aromatic carboxylic acids is 1. The van der Waals surface area contributed by atoms with Crippen LogP contribution in [-0.4, -0.2) is 61.6 Å². The number of unbranched alkanes of at least 4 members (excludes halogenated alkanes) is 1. The number of nitrogens with zero attached hydrogens (tertiary/aromatic N) is 1. The molecule has 0 spiro atoms. The molecule has 1 amide bonds. The summed E-state index contributed by atoms with van der Waals surface area (Å²) in [7, 11) is 0. The number of carbonyl (C=O) groups excluding carboxylic acids is 1. The molecule has 0 radical (unpaired) electrons. The van der Waals surface area contributed by atoms with Gasteiger partial charge < -0.3 is 35.7 Å². The maximum absolute atomic E-state index is 12.5. The first kappa shape index (κ1) is 36.2. The highest BCUT2D eigenvalue weighted by molar-refractivity contribution is 7.80. The highest BCUT2D eigenvalue weighted by Gasteiger charge is 2.22. The van der Waals surface area contributed by atoms with Crippen LogP contribution in [0.4, 0.5) is 5.69 Å². The minimum Gasteiger partial charge on any atom is -0.508 e. The summed E-state index contributed by atoms with van der Waals surface area (Å²) in [5, 5.41) is 49.3. The number of benzene rings is 4. The van der Waals surface area contributed by atoms with E-state index in [1.807, 2.05) is 24.3 Å². The molecule has 51 heavy (non-hydrogen) atoms. The molecule has 262 valence electrons. The zero-order valence-corrected chi connectivity index (χ0v) is 27.9. The molecule has 13 nitrogen and oxygen atoms in total. The van der Waals surface area contributed by atoms with Crippen LogP contribution in [0, 0.1) is 0 Å². The number of aliphatic carboxylic acids is 1. The molecule has 14 heteroatoms. The van der Waals surface area contributed by atoms with Crippen molar-refractivity contribution in [2.75, 3.05) is 18.4 Å². The van der Waals surface area contributed by atoms with Crippen LogP contribution in [0.5, 0.6) is 5.75 Å². The maximum atomic E-state index is 12.5. The number of aromatic hydroxyl groups is 1. The minimum absolute atomic E-state index is 0.00375. The molecule has 0 saturated heterocycles. The van der Waals surface area contributed by atoms with Gasteiger partial charge in [0.2, 0.25) is 0 Å². The van der Waals surface area contributed by atoms with Gasteiger partial charge >= 0.3 is 11.9 Å². The Labute approximate surface area is 296 Å². The summed E-state index contributed by atoms with van der Waals surface area (Å²) in [6.45, 7) is 1.78. The van der Waals surface area contributed by atoms with Gasteiger partial charge in [-0.25, -0.2) is 14.7 Å². The van der Waals surface area contributed by atoms with E-state index in [0.29, 0.717) is 82.1 Å². The predicted molar refractivity (Wildman–Crippen MR) is 194 cm³/mol. The van der Waals surface area contributed by atoms with Crippen LogP contribution in [0.3, 0.4) is 0 Å². The van der Waals surface area contributed by atoms with Gasteiger partial charge in [-0.05, 0) is 84.7 Å². The lowest BCUT2D eigenvalue weighted by molar-refractivity contribution is -0.159. The highest BCUT2D eigenvalue weighted by atomic mass is 32.1. The third-order valence-electron chi connectivity index (χ3n) is 7.86. The first-order chi connectivity index (χ1) is 24.5. The molecule has 7 N–H and O–H groups in total. The normalized spacial score (nSPS) is 11.2. The number of thiocarbonyl (C=S) groups is 1. The molecular weight excluding hydrogens is 676 g/mol. The predicted octanol–water partition coefficient (Wildman–Crippen LogP) is 5.18. The van der Waals surface area contributed by atoms with Crippen LogP contribution in [0.1, 0.15) is 34.3 Å². The number of nitrogens with one attached hydrogen (secondary N) is 3. The van der Waals surface area contributed by atoms with Gasteiger partial charge in [-0.1, -0.05) is 30.3 Å². The fourth-order valence-electron chi connectivity index (χ4n) is 5.38. The summed E-state index contributed by atoms with van der Waals surface area (Å²) in [5.74, 6) is -2.99. The standard InChI is InChI=1S/C37H34N4O9S/c42-25-8-11-28-31(18-25)50-32-19-26(43)9-12-29(32)35(28)27-10-7-24(17-30(27)36(47)48)40-37(51)39-21-23-5-3-22(4-6-23)20-38-15-1-2-16-41(49)33(44)13-14-34(45)46/h3-14,17-19,38,42,49H,1-2,15-16,20-21H2,(H,45,46)(H,47,48)(H2,39,40,51)/b14-13+. The highest BCUT2D eigenvalue weighted by Crippen LogP contribution is 2.42. The molecule has 3 aromatic rings.